The first-order valence-corrected chi connectivity index (χ1v) is 9.88. The quantitative estimate of drug-likeness (QED) is 0.429. The van der Waals surface area contributed by atoms with Crippen LogP contribution in [-0.2, 0) is 19.3 Å². The first-order valence-electron chi connectivity index (χ1n) is 9.88. The molecule has 0 amide bonds. The van der Waals surface area contributed by atoms with E-state index in [9.17, 15) is 9.90 Å². The Morgan fingerprint density at radius 1 is 1.35 bits per heavy atom. The molecule has 1 saturated heterocycles. The van der Waals surface area contributed by atoms with Crippen molar-refractivity contribution in [1.82, 2.24) is 0 Å². The summed E-state index contributed by atoms with van der Waals surface area (Å²) < 4.78 is 4.78. The summed E-state index contributed by atoms with van der Waals surface area (Å²) in [6.07, 6.45) is 6.68. The third kappa shape index (κ3) is 4.32. The maximum atomic E-state index is 11.7. The summed E-state index contributed by atoms with van der Waals surface area (Å²) in [4.78, 5) is 22.9. The molecule has 150 valence electrons. The van der Waals surface area contributed by atoms with Crippen molar-refractivity contribution in [3.05, 3.63) is 12.2 Å². The molecule has 5 nitrogen and oxygen atoms in total. The highest BCUT2D eigenvalue weighted by Gasteiger charge is 2.47. The maximum Gasteiger partial charge on any atom is 0.311 e. The number of rotatable bonds is 6. The second kappa shape index (κ2) is 7.99. The third-order valence-electron chi connectivity index (χ3n) is 6.69. The number of ether oxygens (including phenoxy) is 1. The molecule has 0 aromatic heterocycles. The minimum atomic E-state index is -0.806. The molecular weight excluding hydrogens is 332 g/mol. The number of hydrogen-bond acceptors (Lipinski definition) is 5. The van der Waals surface area contributed by atoms with Gasteiger partial charge in [0, 0.05) is 0 Å². The fourth-order valence-electron chi connectivity index (χ4n) is 4.42. The second-order valence-corrected chi connectivity index (χ2v) is 9.07. The Hall–Kier alpha value is -0.910. The van der Waals surface area contributed by atoms with Crippen LogP contribution in [0.2, 0.25) is 0 Å². The van der Waals surface area contributed by atoms with Gasteiger partial charge in [0.25, 0.3) is 0 Å². The summed E-state index contributed by atoms with van der Waals surface area (Å²) >= 11 is 0. The number of methoxy groups -OCH3 is 1. The summed E-state index contributed by atoms with van der Waals surface area (Å²) in [6, 6.07) is 0. The first-order chi connectivity index (χ1) is 12.0. The van der Waals surface area contributed by atoms with Crippen molar-refractivity contribution in [3.8, 4) is 0 Å². The molecule has 26 heavy (non-hydrogen) atoms. The highest BCUT2D eigenvalue weighted by atomic mass is 17.2. The van der Waals surface area contributed by atoms with Crippen LogP contribution < -0.4 is 0 Å². The van der Waals surface area contributed by atoms with Gasteiger partial charge in [0.05, 0.1) is 18.6 Å². The summed E-state index contributed by atoms with van der Waals surface area (Å²) in [5.74, 6) is -0.612. The Bertz CT molecular complexity index is 518. The van der Waals surface area contributed by atoms with Gasteiger partial charge in [-0.2, -0.15) is 0 Å². The highest BCUT2D eigenvalue weighted by molar-refractivity contribution is 5.72. The molecule has 0 aromatic rings. The standard InChI is InChI=1S/C21H36O5/c1-15-9-7-11-19(3,4)21(15,23)13-8-12-20(5)14-10-17(25-26-20)16(2)18(22)24-6/h16-17,23H,1,7-14H2,2-6H3/t16-,17-,20-,21?/m0/s1. The van der Waals surface area contributed by atoms with Crippen molar-refractivity contribution in [3.63, 3.8) is 0 Å². The van der Waals surface area contributed by atoms with Crippen molar-refractivity contribution in [2.24, 2.45) is 11.3 Å². The van der Waals surface area contributed by atoms with E-state index in [-0.39, 0.29) is 29.0 Å². The molecule has 2 rings (SSSR count). The molecule has 0 aromatic carbocycles. The van der Waals surface area contributed by atoms with Gasteiger partial charge in [0.1, 0.15) is 11.7 Å². The van der Waals surface area contributed by atoms with Crippen LogP contribution in [0.3, 0.4) is 0 Å². The molecular formula is C21H36O5. The first kappa shape index (κ1) is 21.4. The lowest BCUT2D eigenvalue weighted by molar-refractivity contribution is -0.411. The van der Waals surface area contributed by atoms with Crippen LogP contribution in [0.1, 0.15) is 79.1 Å². The average Bonchev–Trinajstić information content (AvgIpc) is 2.59. The lowest BCUT2D eigenvalue weighted by atomic mass is 9.61. The summed E-state index contributed by atoms with van der Waals surface area (Å²) in [5.41, 5.74) is -0.373. The topological polar surface area (TPSA) is 65.0 Å². The molecule has 0 spiro atoms. The Morgan fingerprint density at radius 2 is 2.04 bits per heavy atom. The van der Waals surface area contributed by atoms with E-state index < -0.39 is 5.60 Å². The fourth-order valence-corrected chi connectivity index (χ4v) is 4.42. The van der Waals surface area contributed by atoms with Gasteiger partial charge in [-0.05, 0) is 76.2 Å². The SMILES string of the molecule is C=C1CCCC(C)(C)C1(O)CCC[C@@]1(C)CC[C@@H]([C@H](C)C(=O)OC)OO1. The molecule has 1 heterocycles. The largest absolute Gasteiger partial charge is 0.469 e. The van der Waals surface area contributed by atoms with Gasteiger partial charge in [0.2, 0.25) is 0 Å². The van der Waals surface area contributed by atoms with Crippen molar-refractivity contribution >= 4 is 5.97 Å². The van der Waals surface area contributed by atoms with Crippen molar-refractivity contribution in [1.29, 1.82) is 0 Å². The monoisotopic (exact) mass is 368 g/mol. The van der Waals surface area contributed by atoms with E-state index >= 15 is 0 Å². The molecule has 5 heteroatoms. The lowest BCUT2D eigenvalue weighted by Crippen LogP contribution is -2.49. The predicted octanol–water partition coefficient (Wildman–Crippen LogP) is 4.33. The van der Waals surface area contributed by atoms with E-state index in [0.717, 1.165) is 50.5 Å². The normalized spacial score (nSPS) is 35.8. The number of carbonyl (C=O) groups excluding carboxylic acids is 1. The van der Waals surface area contributed by atoms with Gasteiger partial charge in [0.15, 0.2) is 0 Å². The van der Waals surface area contributed by atoms with Crippen LogP contribution in [-0.4, -0.2) is 35.5 Å². The van der Waals surface area contributed by atoms with Crippen molar-refractivity contribution in [2.45, 2.75) is 96.4 Å². The molecule has 4 atom stereocenters. The lowest BCUT2D eigenvalue weighted by Gasteiger charge is -2.48. The van der Waals surface area contributed by atoms with Gasteiger partial charge in [-0.3, -0.25) is 4.79 Å². The predicted molar refractivity (Wildman–Crippen MR) is 100 cm³/mol. The van der Waals surface area contributed by atoms with Crippen molar-refractivity contribution in [2.75, 3.05) is 7.11 Å². The summed E-state index contributed by atoms with van der Waals surface area (Å²) in [6.45, 7) is 12.3. The van der Waals surface area contributed by atoms with E-state index in [4.69, 9.17) is 14.5 Å². The Morgan fingerprint density at radius 3 is 2.58 bits per heavy atom. The van der Waals surface area contributed by atoms with Crippen LogP contribution in [0.4, 0.5) is 0 Å². The van der Waals surface area contributed by atoms with Crippen LogP contribution in [0, 0.1) is 11.3 Å². The van der Waals surface area contributed by atoms with Gasteiger partial charge in [-0.15, -0.1) is 0 Å². The van der Waals surface area contributed by atoms with E-state index in [0.29, 0.717) is 6.42 Å². The molecule has 1 saturated carbocycles. The average molecular weight is 369 g/mol. The fraction of sp³-hybridized carbons (Fsp3) is 0.857. The summed E-state index contributed by atoms with van der Waals surface area (Å²) in [5, 5.41) is 11.3. The maximum absolute atomic E-state index is 11.7. The number of aliphatic hydroxyl groups is 1. The zero-order valence-corrected chi connectivity index (χ0v) is 17.1. The van der Waals surface area contributed by atoms with E-state index in [1.807, 2.05) is 6.92 Å². The molecule has 2 fully saturated rings. The van der Waals surface area contributed by atoms with Crippen LogP contribution >= 0.6 is 0 Å². The zero-order chi connectivity index (χ0) is 19.6. The van der Waals surface area contributed by atoms with Crippen molar-refractivity contribution < 1.29 is 24.4 Å². The second-order valence-electron chi connectivity index (χ2n) is 9.07. The molecule has 0 bridgehead atoms. The molecule has 1 aliphatic heterocycles. The third-order valence-corrected chi connectivity index (χ3v) is 6.69. The molecule has 1 aliphatic carbocycles. The van der Waals surface area contributed by atoms with E-state index in [2.05, 4.69) is 20.4 Å². The van der Waals surface area contributed by atoms with Gasteiger partial charge >= 0.3 is 5.97 Å². The molecule has 1 N–H and O–H groups in total. The highest BCUT2D eigenvalue weighted by Crippen LogP contribution is 2.49. The minimum absolute atomic E-state index is 0.145. The van der Waals surface area contributed by atoms with E-state index in [1.54, 1.807) is 6.92 Å². The van der Waals surface area contributed by atoms with Gasteiger partial charge < -0.3 is 9.84 Å². The molecule has 0 radical (unpaired) electrons. The Kier molecular flexibility index (Phi) is 6.57. The Labute approximate surface area is 158 Å². The number of esters is 1. The zero-order valence-electron chi connectivity index (χ0n) is 17.1. The number of hydrogen-bond donors (Lipinski definition) is 1. The van der Waals surface area contributed by atoms with Gasteiger partial charge in [-0.25, -0.2) is 9.78 Å². The summed E-state index contributed by atoms with van der Waals surface area (Å²) in [7, 11) is 1.39. The van der Waals surface area contributed by atoms with Crippen LogP contribution in [0.5, 0.6) is 0 Å². The van der Waals surface area contributed by atoms with Gasteiger partial charge in [-0.1, -0.05) is 20.4 Å². The number of carbonyl (C=O) groups is 1. The molecule has 2 aliphatic rings. The van der Waals surface area contributed by atoms with Crippen LogP contribution in [0.25, 0.3) is 0 Å². The van der Waals surface area contributed by atoms with Crippen LogP contribution in [0.15, 0.2) is 12.2 Å². The van der Waals surface area contributed by atoms with E-state index in [1.165, 1.54) is 7.11 Å². The Balaban J connectivity index is 1.86. The smallest absolute Gasteiger partial charge is 0.311 e. The molecule has 1 unspecified atom stereocenters. The minimum Gasteiger partial charge on any atom is -0.469 e.